The molecule has 116 valence electrons. The second kappa shape index (κ2) is 8.47. The number of carbonyl (C=O) groups excluding carboxylic acids is 2. The highest BCUT2D eigenvalue weighted by Crippen LogP contribution is 2.33. The molecule has 3 N–H and O–H groups in total. The Morgan fingerprint density at radius 2 is 1.95 bits per heavy atom. The Bertz CT molecular complexity index is 324. The predicted octanol–water partition coefficient (Wildman–Crippen LogP) is 0.971. The molecule has 0 bridgehead atoms. The predicted molar refractivity (Wildman–Crippen MR) is 80.8 cm³/mol. The average molecular weight is 304 g/mol. The van der Waals surface area contributed by atoms with Crippen molar-refractivity contribution in [2.24, 2.45) is 5.92 Å². The van der Waals surface area contributed by atoms with Gasteiger partial charge >= 0.3 is 0 Å². The lowest BCUT2D eigenvalue weighted by molar-refractivity contribution is -0.127. The van der Waals surface area contributed by atoms with Crippen LogP contribution in [0, 0.1) is 5.92 Å². The van der Waals surface area contributed by atoms with Gasteiger partial charge in [-0.25, -0.2) is 0 Å². The van der Waals surface area contributed by atoms with Gasteiger partial charge in [-0.1, -0.05) is 19.8 Å². The van der Waals surface area contributed by atoms with Crippen LogP contribution >= 0.6 is 12.4 Å². The van der Waals surface area contributed by atoms with E-state index in [1.165, 1.54) is 25.7 Å². The van der Waals surface area contributed by atoms with Gasteiger partial charge in [0, 0.05) is 12.6 Å². The lowest BCUT2D eigenvalue weighted by Gasteiger charge is -2.24. The van der Waals surface area contributed by atoms with Crippen LogP contribution in [0.3, 0.4) is 0 Å². The van der Waals surface area contributed by atoms with E-state index in [0.29, 0.717) is 18.5 Å². The molecule has 1 saturated heterocycles. The van der Waals surface area contributed by atoms with Gasteiger partial charge in [-0.3, -0.25) is 9.59 Å². The summed E-state index contributed by atoms with van der Waals surface area (Å²) in [4.78, 5) is 23.4. The minimum atomic E-state index is -0.106. The molecule has 3 unspecified atom stereocenters. The van der Waals surface area contributed by atoms with Crippen molar-refractivity contribution in [2.45, 2.75) is 57.5 Å². The summed E-state index contributed by atoms with van der Waals surface area (Å²) in [5.74, 6) is 0.519. The van der Waals surface area contributed by atoms with Gasteiger partial charge in [0.15, 0.2) is 0 Å². The van der Waals surface area contributed by atoms with Crippen molar-refractivity contribution < 1.29 is 9.59 Å². The molecular formula is C14H26ClN3O2. The quantitative estimate of drug-likeness (QED) is 0.709. The first kappa shape index (κ1) is 17.2. The molecule has 1 aliphatic carbocycles. The molecule has 1 heterocycles. The molecule has 2 fully saturated rings. The van der Waals surface area contributed by atoms with E-state index in [1.54, 1.807) is 0 Å². The first-order valence-electron chi connectivity index (χ1n) is 7.51. The van der Waals surface area contributed by atoms with E-state index in [9.17, 15) is 9.59 Å². The van der Waals surface area contributed by atoms with Gasteiger partial charge in [0.2, 0.25) is 11.8 Å². The van der Waals surface area contributed by atoms with E-state index < -0.39 is 0 Å². The van der Waals surface area contributed by atoms with Crippen molar-refractivity contribution >= 4 is 24.2 Å². The van der Waals surface area contributed by atoms with Gasteiger partial charge in [-0.2, -0.15) is 0 Å². The van der Waals surface area contributed by atoms with Crippen LogP contribution in [0.15, 0.2) is 0 Å². The number of nitrogens with one attached hydrogen (secondary N) is 3. The summed E-state index contributed by atoms with van der Waals surface area (Å²) in [5, 5.41) is 8.90. The zero-order chi connectivity index (χ0) is 13.7. The van der Waals surface area contributed by atoms with E-state index in [-0.39, 0.29) is 36.8 Å². The largest absolute Gasteiger partial charge is 0.355 e. The van der Waals surface area contributed by atoms with Crippen LogP contribution in [0.1, 0.15) is 45.4 Å². The maximum Gasteiger partial charge on any atom is 0.239 e. The van der Waals surface area contributed by atoms with Crippen LogP contribution in [-0.2, 0) is 9.59 Å². The SMILES string of the molecule is CCCNC(=O)CNC(=O)C1CC2CCCCC2N1.Cl. The summed E-state index contributed by atoms with van der Waals surface area (Å²) in [6.07, 6.45) is 6.81. The monoisotopic (exact) mass is 303 g/mol. The Morgan fingerprint density at radius 1 is 1.20 bits per heavy atom. The highest BCUT2D eigenvalue weighted by Gasteiger charge is 2.38. The van der Waals surface area contributed by atoms with Gasteiger partial charge in [0.25, 0.3) is 0 Å². The van der Waals surface area contributed by atoms with Crippen molar-refractivity contribution in [3.63, 3.8) is 0 Å². The molecule has 1 aliphatic heterocycles. The van der Waals surface area contributed by atoms with E-state index in [1.807, 2.05) is 6.92 Å². The third-order valence-electron chi connectivity index (χ3n) is 4.17. The molecule has 6 heteroatoms. The second-order valence-electron chi connectivity index (χ2n) is 5.67. The smallest absolute Gasteiger partial charge is 0.239 e. The van der Waals surface area contributed by atoms with Gasteiger partial charge < -0.3 is 16.0 Å². The van der Waals surface area contributed by atoms with Crippen molar-refractivity contribution in [1.29, 1.82) is 0 Å². The Balaban J connectivity index is 0.00000200. The second-order valence-corrected chi connectivity index (χ2v) is 5.67. The van der Waals surface area contributed by atoms with Crippen molar-refractivity contribution in [1.82, 2.24) is 16.0 Å². The minimum absolute atomic E-state index is 0. The lowest BCUT2D eigenvalue weighted by atomic mass is 9.85. The van der Waals surface area contributed by atoms with Gasteiger partial charge in [0.05, 0.1) is 12.6 Å². The molecule has 3 atom stereocenters. The maximum atomic E-state index is 12.0. The number of halogens is 1. The summed E-state index contributed by atoms with van der Waals surface area (Å²) in [6.45, 7) is 2.76. The average Bonchev–Trinajstić information content (AvgIpc) is 2.86. The van der Waals surface area contributed by atoms with Crippen LogP contribution in [0.2, 0.25) is 0 Å². The fourth-order valence-corrected chi connectivity index (χ4v) is 3.14. The van der Waals surface area contributed by atoms with E-state index in [4.69, 9.17) is 0 Å². The number of carbonyl (C=O) groups is 2. The number of hydrogen-bond donors (Lipinski definition) is 3. The molecule has 1 saturated carbocycles. The van der Waals surface area contributed by atoms with E-state index in [2.05, 4.69) is 16.0 Å². The highest BCUT2D eigenvalue weighted by molar-refractivity contribution is 5.87. The normalized spacial score (nSPS) is 28.1. The van der Waals surface area contributed by atoms with Crippen molar-refractivity contribution in [3.8, 4) is 0 Å². The Labute approximate surface area is 127 Å². The summed E-state index contributed by atoms with van der Waals surface area (Å²) in [7, 11) is 0. The third-order valence-corrected chi connectivity index (χ3v) is 4.17. The molecule has 5 nitrogen and oxygen atoms in total. The molecule has 0 aromatic carbocycles. The molecular weight excluding hydrogens is 278 g/mol. The molecule has 2 aliphatic rings. The van der Waals surface area contributed by atoms with E-state index in [0.717, 1.165) is 12.8 Å². The summed E-state index contributed by atoms with van der Waals surface area (Å²) < 4.78 is 0. The minimum Gasteiger partial charge on any atom is -0.355 e. The summed E-state index contributed by atoms with van der Waals surface area (Å²) in [6, 6.07) is 0.408. The number of amides is 2. The molecule has 0 spiro atoms. The standard InChI is InChI=1S/C14H25N3O2.ClH/c1-2-7-15-13(18)9-16-14(19)12-8-10-5-3-4-6-11(10)17-12;/h10-12,17H,2-9H2,1H3,(H,15,18)(H,16,19);1H. The molecule has 2 amide bonds. The summed E-state index contributed by atoms with van der Waals surface area (Å²) in [5.41, 5.74) is 0. The van der Waals surface area contributed by atoms with Crippen LogP contribution in [-0.4, -0.2) is 37.0 Å². The Morgan fingerprint density at radius 3 is 2.65 bits per heavy atom. The fourth-order valence-electron chi connectivity index (χ4n) is 3.14. The molecule has 2 rings (SSSR count). The Hall–Kier alpha value is -0.810. The van der Waals surface area contributed by atoms with Crippen LogP contribution in [0.25, 0.3) is 0 Å². The maximum absolute atomic E-state index is 12.0. The first-order chi connectivity index (χ1) is 9.20. The van der Waals surface area contributed by atoms with Gasteiger partial charge in [0.1, 0.15) is 0 Å². The zero-order valence-electron chi connectivity index (χ0n) is 12.1. The fraction of sp³-hybridized carbons (Fsp3) is 0.857. The number of fused-ring (bicyclic) bond motifs is 1. The van der Waals surface area contributed by atoms with Gasteiger partial charge in [-0.05, 0) is 31.6 Å². The highest BCUT2D eigenvalue weighted by atomic mass is 35.5. The molecule has 20 heavy (non-hydrogen) atoms. The Kier molecular flexibility index (Phi) is 7.30. The lowest BCUT2D eigenvalue weighted by Crippen LogP contribution is -2.46. The molecule has 0 radical (unpaired) electrons. The van der Waals surface area contributed by atoms with Crippen LogP contribution in [0.5, 0.6) is 0 Å². The number of rotatable bonds is 5. The van der Waals surface area contributed by atoms with E-state index >= 15 is 0 Å². The molecule has 0 aromatic heterocycles. The third kappa shape index (κ3) is 4.63. The summed E-state index contributed by atoms with van der Waals surface area (Å²) >= 11 is 0. The van der Waals surface area contributed by atoms with Crippen molar-refractivity contribution in [2.75, 3.05) is 13.1 Å². The topological polar surface area (TPSA) is 70.2 Å². The number of hydrogen-bond acceptors (Lipinski definition) is 3. The van der Waals surface area contributed by atoms with Crippen LogP contribution in [0.4, 0.5) is 0 Å². The zero-order valence-corrected chi connectivity index (χ0v) is 12.9. The first-order valence-corrected chi connectivity index (χ1v) is 7.51. The van der Waals surface area contributed by atoms with Crippen LogP contribution < -0.4 is 16.0 Å². The molecule has 0 aromatic rings. The van der Waals surface area contributed by atoms with Crippen molar-refractivity contribution in [3.05, 3.63) is 0 Å². The van der Waals surface area contributed by atoms with Gasteiger partial charge in [-0.15, -0.1) is 12.4 Å².